The molecule has 1 atom stereocenters. The SMILES string of the molecule is CCCCC/C=C\C/C=C\CCCCCCCCN(CCCCCCCCCCC/C=C\CCCCC)OC(O)CCCN(C)C. The fraction of sp³-hybridized carbons (Fsp3) is 0.857. The Bertz CT molecular complexity index is 660. The molecule has 0 aliphatic carbocycles. The van der Waals surface area contributed by atoms with Crippen molar-refractivity contribution in [1.82, 2.24) is 9.96 Å². The predicted octanol–water partition coefficient (Wildman–Crippen LogP) is 12.7. The highest BCUT2D eigenvalue weighted by atomic mass is 16.8. The summed E-state index contributed by atoms with van der Waals surface area (Å²) in [4.78, 5) is 8.20. The molecule has 0 radical (unpaired) electrons. The molecule has 0 aromatic heterocycles. The second-order valence-corrected chi connectivity index (χ2v) is 14.0. The Morgan fingerprint density at radius 1 is 0.457 bits per heavy atom. The van der Waals surface area contributed by atoms with E-state index >= 15 is 0 Å². The first kappa shape index (κ1) is 45.1. The average molecular weight is 647 g/mol. The van der Waals surface area contributed by atoms with Crippen LogP contribution in [0.15, 0.2) is 36.5 Å². The molecule has 0 spiro atoms. The van der Waals surface area contributed by atoms with Gasteiger partial charge in [0.15, 0.2) is 6.29 Å². The van der Waals surface area contributed by atoms with E-state index in [0.717, 1.165) is 45.3 Å². The van der Waals surface area contributed by atoms with Crippen LogP contribution in [0.25, 0.3) is 0 Å². The minimum absolute atomic E-state index is 0.680. The molecule has 0 aliphatic heterocycles. The summed E-state index contributed by atoms with van der Waals surface area (Å²) < 4.78 is 0. The van der Waals surface area contributed by atoms with E-state index < -0.39 is 6.29 Å². The summed E-state index contributed by atoms with van der Waals surface area (Å²) in [5.41, 5.74) is 0. The zero-order valence-electron chi connectivity index (χ0n) is 31.7. The van der Waals surface area contributed by atoms with Crippen molar-refractivity contribution in [3.8, 4) is 0 Å². The van der Waals surface area contributed by atoms with Gasteiger partial charge < -0.3 is 10.0 Å². The number of rotatable bonds is 37. The Kier molecular flexibility index (Phi) is 37.7. The maximum atomic E-state index is 10.5. The van der Waals surface area contributed by atoms with Crippen LogP contribution in [0.3, 0.4) is 0 Å². The molecule has 0 amide bonds. The number of aliphatic hydroxyl groups excluding tert-OH is 1. The van der Waals surface area contributed by atoms with Crippen LogP contribution in [0.5, 0.6) is 0 Å². The minimum Gasteiger partial charge on any atom is -0.366 e. The maximum Gasteiger partial charge on any atom is 0.174 e. The second-order valence-electron chi connectivity index (χ2n) is 14.0. The number of nitrogens with zero attached hydrogens (tertiary/aromatic N) is 2. The van der Waals surface area contributed by atoms with Crippen LogP contribution < -0.4 is 0 Å². The van der Waals surface area contributed by atoms with Gasteiger partial charge in [0.2, 0.25) is 0 Å². The Balaban J connectivity index is 3.96. The van der Waals surface area contributed by atoms with Gasteiger partial charge in [-0.3, -0.25) is 4.84 Å². The Morgan fingerprint density at radius 3 is 1.24 bits per heavy atom. The number of hydrogen-bond donors (Lipinski definition) is 1. The third kappa shape index (κ3) is 37.5. The molecule has 0 rings (SSSR count). The summed E-state index contributed by atoms with van der Waals surface area (Å²) in [6.07, 6.45) is 49.0. The lowest BCUT2D eigenvalue weighted by atomic mass is 10.1. The fourth-order valence-corrected chi connectivity index (χ4v) is 5.84. The van der Waals surface area contributed by atoms with E-state index in [1.54, 1.807) is 0 Å². The first-order valence-electron chi connectivity index (χ1n) is 20.3. The van der Waals surface area contributed by atoms with Gasteiger partial charge in [0.25, 0.3) is 0 Å². The van der Waals surface area contributed by atoms with Crippen molar-refractivity contribution in [3.63, 3.8) is 0 Å². The topological polar surface area (TPSA) is 35.9 Å². The van der Waals surface area contributed by atoms with Gasteiger partial charge in [-0.15, -0.1) is 0 Å². The lowest BCUT2D eigenvalue weighted by Crippen LogP contribution is -2.32. The number of unbranched alkanes of at least 4 members (excludes halogenated alkanes) is 21. The number of hydrogen-bond acceptors (Lipinski definition) is 4. The van der Waals surface area contributed by atoms with E-state index in [-0.39, 0.29) is 0 Å². The molecule has 0 saturated carbocycles. The molecule has 1 unspecified atom stereocenters. The van der Waals surface area contributed by atoms with Crippen molar-refractivity contribution in [3.05, 3.63) is 36.5 Å². The molecule has 0 bridgehead atoms. The third-order valence-corrected chi connectivity index (χ3v) is 8.85. The largest absolute Gasteiger partial charge is 0.366 e. The highest BCUT2D eigenvalue weighted by Crippen LogP contribution is 2.14. The molecule has 0 saturated heterocycles. The molecule has 4 heteroatoms. The van der Waals surface area contributed by atoms with Crippen molar-refractivity contribution in [1.29, 1.82) is 0 Å². The van der Waals surface area contributed by atoms with Gasteiger partial charge in [-0.2, -0.15) is 5.06 Å². The molecule has 1 N–H and O–H groups in total. The summed E-state index contributed by atoms with van der Waals surface area (Å²) in [6.45, 7) is 7.40. The highest BCUT2D eigenvalue weighted by Gasteiger charge is 2.12. The van der Waals surface area contributed by atoms with Crippen molar-refractivity contribution in [2.75, 3.05) is 33.7 Å². The molecule has 0 aliphatic rings. The summed E-state index contributed by atoms with van der Waals surface area (Å²) in [5.74, 6) is 0. The lowest BCUT2D eigenvalue weighted by molar-refractivity contribution is -0.267. The van der Waals surface area contributed by atoms with Crippen LogP contribution in [0.2, 0.25) is 0 Å². The van der Waals surface area contributed by atoms with E-state index in [1.165, 1.54) is 148 Å². The molecule has 0 aromatic rings. The predicted molar refractivity (Wildman–Crippen MR) is 205 cm³/mol. The van der Waals surface area contributed by atoms with Crippen LogP contribution in [0, 0.1) is 0 Å². The highest BCUT2D eigenvalue weighted by molar-refractivity contribution is 4.92. The first-order chi connectivity index (χ1) is 22.6. The van der Waals surface area contributed by atoms with Crippen molar-refractivity contribution in [2.24, 2.45) is 0 Å². The number of allylic oxidation sites excluding steroid dienone is 6. The average Bonchev–Trinajstić information content (AvgIpc) is 3.04. The van der Waals surface area contributed by atoms with Crippen molar-refractivity contribution >= 4 is 0 Å². The van der Waals surface area contributed by atoms with Crippen molar-refractivity contribution < 1.29 is 9.94 Å². The van der Waals surface area contributed by atoms with E-state index in [0.29, 0.717) is 6.42 Å². The zero-order chi connectivity index (χ0) is 33.6. The second kappa shape index (κ2) is 38.5. The van der Waals surface area contributed by atoms with E-state index in [9.17, 15) is 5.11 Å². The summed E-state index contributed by atoms with van der Waals surface area (Å²) in [6, 6.07) is 0. The molecular weight excluding hydrogens is 564 g/mol. The molecule has 272 valence electrons. The standard InChI is InChI=1S/C42H82N2O2/c1-5-7-9-11-13-15-17-19-21-23-25-27-29-31-33-35-40-44(46-42(45)38-37-39-43(3)4)41-36-34-32-30-28-26-24-22-20-18-16-14-12-10-8-6-2/h13-16,19,21,42,45H,5-12,17-18,20,22-41H2,1-4H3/b15-13-,16-14-,21-19-. The van der Waals surface area contributed by atoms with Crippen LogP contribution >= 0.6 is 0 Å². The summed E-state index contributed by atoms with van der Waals surface area (Å²) in [5, 5.41) is 12.6. The summed E-state index contributed by atoms with van der Waals surface area (Å²) >= 11 is 0. The lowest BCUT2D eigenvalue weighted by Gasteiger charge is -2.25. The van der Waals surface area contributed by atoms with Crippen LogP contribution in [0.4, 0.5) is 0 Å². The molecule has 0 aromatic carbocycles. The van der Waals surface area contributed by atoms with E-state index in [2.05, 4.69) is 74.4 Å². The van der Waals surface area contributed by atoms with Gasteiger partial charge in [0, 0.05) is 19.5 Å². The van der Waals surface area contributed by atoms with Gasteiger partial charge >= 0.3 is 0 Å². The van der Waals surface area contributed by atoms with Crippen LogP contribution in [0.1, 0.15) is 194 Å². The Hall–Kier alpha value is -0.940. The third-order valence-electron chi connectivity index (χ3n) is 8.85. The number of hydroxylamine groups is 2. The first-order valence-corrected chi connectivity index (χ1v) is 20.3. The fourth-order valence-electron chi connectivity index (χ4n) is 5.84. The van der Waals surface area contributed by atoms with Gasteiger partial charge in [0.1, 0.15) is 0 Å². The molecule has 46 heavy (non-hydrogen) atoms. The monoisotopic (exact) mass is 647 g/mol. The zero-order valence-corrected chi connectivity index (χ0v) is 31.7. The summed E-state index contributed by atoms with van der Waals surface area (Å²) in [7, 11) is 4.17. The number of aliphatic hydroxyl groups is 1. The smallest absolute Gasteiger partial charge is 0.174 e. The van der Waals surface area contributed by atoms with Gasteiger partial charge in [-0.1, -0.05) is 147 Å². The molecule has 0 fully saturated rings. The van der Waals surface area contributed by atoms with E-state index in [4.69, 9.17) is 4.84 Å². The molecule has 4 nitrogen and oxygen atoms in total. The maximum absolute atomic E-state index is 10.5. The van der Waals surface area contributed by atoms with Crippen molar-refractivity contribution in [2.45, 2.75) is 200 Å². The normalized spacial score (nSPS) is 13.1. The van der Waals surface area contributed by atoms with Gasteiger partial charge in [-0.25, -0.2) is 0 Å². The minimum atomic E-state index is -0.680. The van der Waals surface area contributed by atoms with Crippen LogP contribution in [-0.4, -0.2) is 55.1 Å². The van der Waals surface area contributed by atoms with Crippen LogP contribution in [-0.2, 0) is 4.84 Å². The van der Waals surface area contributed by atoms with Gasteiger partial charge in [0.05, 0.1) is 0 Å². The molecular formula is C42H82N2O2. The Morgan fingerprint density at radius 2 is 0.826 bits per heavy atom. The van der Waals surface area contributed by atoms with E-state index in [1.807, 2.05) is 0 Å². The Labute approximate surface area is 289 Å². The van der Waals surface area contributed by atoms with Gasteiger partial charge in [-0.05, 0) is 97.7 Å². The molecule has 0 heterocycles. The quantitative estimate of drug-likeness (QED) is 0.0315.